The van der Waals surface area contributed by atoms with Crippen LogP contribution in [0.15, 0.2) is 0 Å². The lowest BCUT2D eigenvalue weighted by molar-refractivity contribution is -0.118. The van der Waals surface area contributed by atoms with Crippen molar-refractivity contribution in [3.8, 4) is 0 Å². The first kappa shape index (κ1) is 11.4. The average Bonchev–Trinajstić information content (AvgIpc) is 2.03. The number of carbonyl (C=O) groups excluding carboxylic acids is 1. The van der Waals surface area contributed by atoms with Crippen LogP contribution in [0.3, 0.4) is 0 Å². The van der Waals surface area contributed by atoms with E-state index < -0.39 is 0 Å². The lowest BCUT2D eigenvalue weighted by Gasteiger charge is -2.09. The highest BCUT2D eigenvalue weighted by molar-refractivity contribution is 5.73. The third-order valence-electron chi connectivity index (χ3n) is 1.61. The van der Waals surface area contributed by atoms with Crippen molar-refractivity contribution in [1.29, 1.82) is 0 Å². The summed E-state index contributed by atoms with van der Waals surface area (Å²) >= 11 is 0. The summed E-state index contributed by atoms with van der Waals surface area (Å²) in [7, 11) is 1.68. The molecule has 0 aliphatic rings. The molecule has 12 heavy (non-hydrogen) atoms. The molecule has 4 nitrogen and oxygen atoms in total. The van der Waals surface area contributed by atoms with Gasteiger partial charge < -0.3 is 15.8 Å². The molecular weight excluding hydrogens is 156 g/mol. The summed E-state index contributed by atoms with van der Waals surface area (Å²) < 4.78 is 5.02. The van der Waals surface area contributed by atoms with E-state index in [4.69, 9.17) is 10.5 Å². The molecule has 0 fully saturated rings. The van der Waals surface area contributed by atoms with E-state index in [1.165, 1.54) is 0 Å². The zero-order valence-electron chi connectivity index (χ0n) is 7.80. The Labute approximate surface area is 73.5 Å². The largest absolute Gasteiger partial charge is 0.380 e. The van der Waals surface area contributed by atoms with Gasteiger partial charge in [0.25, 0.3) is 0 Å². The van der Waals surface area contributed by atoms with Crippen molar-refractivity contribution in [2.45, 2.75) is 25.9 Å². The SMILES string of the molecule is COC(C)CNCCCC(N)=O. The molecule has 1 unspecified atom stereocenters. The Morgan fingerprint density at radius 3 is 2.83 bits per heavy atom. The van der Waals surface area contributed by atoms with Gasteiger partial charge in [0.1, 0.15) is 0 Å². The number of hydrogen-bond acceptors (Lipinski definition) is 3. The lowest BCUT2D eigenvalue weighted by Crippen LogP contribution is -2.27. The Balaban J connectivity index is 3.05. The first-order valence-corrected chi connectivity index (χ1v) is 4.18. The van der Waals surface area contributed by atoms with Gasteiger partial charge >= 0.3 is 0 Å². The topological polar surface area (TPSA) is 64.3 Å². The Morgan fingerprint density at radius 2 is 2.33 bits per heavy atom. The van der Waals surface area contributed by atoms with Crippen LogP contribution >= 0.6 is 0 Å². The predicted octanol–water partition coefficient (Wildman–Crippen LogP) is -0.124. The van der Waals surface area contributed by atoms with E-state index in [0.29, 0.717) is 6.42 Å². The molecule has 0 radical (unpaired) electrons. The second-order valence-corrected chi connectivity index (χ2v) is 2.82. The standard InChI is InChI=1S/C8H18N2O2/c1-7(12-2)6-10-5-3-4-8(9)11/h7,10H,3-6H2,1-2H3,(H2,9,11). The van der Waals surface area contributed by atoms with E-state index in [2.05, 4.69) is 5.32 Å². The van der Waals surface area contributed by atoms with Crippen molar-refractivity contribution in [1.82, 2.24) is 5.32 Å². The molecule has 0 aliphatic carbocycles. The molecule has 1 atom stereocenters. The summed E-state index contributed by atoms with van der Waals surface area (Å²) in [6.07, 6.45) is 1.47. The summed E-state index contributed by atoms with van der Waals surface area (Å²) in [5.41, 5.74) is 4.97. The van der Waals surface area contributed by atoms with Crippen LogP contribution in [0, 0.1) is 0 Å². The second kappa shape index (κ2) is 7.06. The van der Waals surface area contributed by atoms with Crippen LogP contribution in [0.5, 0.6) is 0 Å². The predicted molar refractivity (Wildman–Crippen MR) is 47.8 cm³/mol. The molecule has 1 amide bonds. The number of hydrogen-bond donors (Lipinski definition) is 2. The number of primary amides is 1. The normalized spacial score (nSPS) is 12.8. The van der Waals surface area contributed by atoms with Crippen molar-refractivity contribution < 1.29 is 9.53 Å². The van der Waals surface area contributed by atoms with Gasteiger partial charge in [-0.3, -0.25) is 4.79 Å². The molecule has 4 heteroatoms. The molecule has 72 valence electrons. The molecule has 0 bridgehead atoms. The van der Waals surface area contributed by atoms with E-state index in [-0.39, 0.29) is 12.0 Å². The van der Waals surface area contributed by atoms with Crippen LogP contribution in [0.4, 0.5) is 0 Å². The van der Waals surface area contributed by atoms with Crippen molar-refractivity contribution in [2.24, 2.45) is 5.73 Å². The van der Waals surface area contributed by atoms with Gasteiger partial charge in [0, 0.05) is 20.1 Å². The van der Waals surface area contributed by atoms with E-state index in [1.807, 2.05) is 6.92 Å². The molecule has 0 aromatic heterocycles. The van der Waals surface area contributed by atoms with Gasteiger partial charge in [0.2, 0.25) is 5.91 Å². The zero-order valence-corrected chi connectivity index (χ0v) is 7.80. The smallest absolute Gasteiger partial charge is 0.217 e. The van der Waals surface area contributed by atoms with Crippen molar-refractivity contribution in [3.05, 3.63) is 0 Å². The summed E-state index contributed by atoms with van der Waals surface area (Å²) in [5.74, 6) is -0.239. The van der Waals surface area contributed by atoms with Crippen molar-refractivity contribution in [2.75, 3.05) is 20.2 Å². The van der Waals surface area contributed by atoms with Crippen molar-refractivity contribution >= 4 is 5.91 Å². The molecule has 0 heterocycles. The van der Waals surface area contributed by atoms with Crippen LogP contribution in [0.25, 0.3) is 0 Å². The summed E-state index contributed by atoms with van der Waals surface area (Å²) in [4.78, 5) is 10.3. The monoisotopic (exact) mass is 174 g/mol. The molecule has 3 N–H and O–H groups in total. The van der Waals surface area contributed by atoms with Gasteiger partial charge in [0.05, 0.1) is 6.10 Å². The quantitative estimate of drug-likeness (QED) is 0.529. The van der Waals surface area contributed by atoms with Crippen LogP contribution < -0.4 is 11.1 Å². The molecule has 0 rings (SSSR count). The number of carbonyl (C=O) groups is 1. The van der Waals surface area contributed by atoms with E-state index in [1.54, 1.807) is 7.11 Å². The number of nitrogens with one attached hydrogen (secondary N) is 1. The third-order valence-corrected chi connectivity index (χ3v) is 1.61. The minimum absolute atomic E-state index is 0.221. The van der Waals surface area contributed by atoms with Gasteiger partial charge in [-0.05, 0) is 19.9 Å². The van der Waals surface area contributed by atoms with Crippen LogP contribution in [0.2, 0.25) is 0 Å². The molecular formula is C8H18N2O2. The zero-order chi connectivity index (χ0) is 9.40. The van der Waals surface area contributed by atoms with Crippen LogP contribution in [-0.4, -0.2) is 32.2 Å². The Morgan fingerprint density at radius 1 is 1.67 bits per heavy atom. The molecule has 0 spiro atoms. The van der Waals surface area contributed by atoms with Crippen LogP contribution in [-0.2, 0) is 9.53 Å². The molecule has 0 saturated heterocycles. The minimum Gasteiger partial charge on any atom is -0.380 e. The van der Waals surface area contributed by atoms with Crippen molar-refractivity contribution in [3.63, 3.8) is 0 Å². The highest BCUT2D eigenvalue weighted by Gasteiger charge is 1.98. The fraction of sp³-hybridized carbons (Fsp3) is 0.875. The highest BCUT2D eigenvalue weighted by atomic mass is 16.5. The van der Waals surface area contributed by atoms with E-state index >= 15 is 0 Å². The number of methoxy groups -OCH3 is 1. The van der Waals surface area contributed by atoms with Gasteiger partial charge in [-0.15, -0.1) is 0 Å². The highest BCUT2D eigenvalue weighted by Crippen LogP contribution is 1.87. The lowest BCUT2D eigenvalue weighted by atomic mass is 10.3. The second-order valence-electron chi connectivity index (χ2n) is 2.82. The number of amides is 1. The Kier molecular flexibility index (Phi) is 6.70. The minimum atomic E-state index is -0.239. The first-order chi connectivity index (χ1) is 5.66. The molecule has 0 aromatic carbocycles. The summed E-state index contributed by atoms with van der Waals surface area (Å²) in [6.45, 7) is 3.62. The van der Waals surface area contributed by atoms with E-state index in [0.717, 1.165) is 19.5 Å². The van der Waals surface area contributed by atoms with Gasteiger partial charge in [0.15, 0.2) is 0 Å². The first-order valence-electron chi connectivity index (χ1n) is 4.18. The average molecular weight is 174 g/mol. The number of rotatable bonds is 7. The molecule has 0 aromatic rings. The summed E-state index contributed by atoms with van der Waals surface area (Å²) in [5, 5.41) is 3.16. The number of nitrogens with two attached hydrogens (primary N) is 1. The third kappa shape index (κ3) is 7.50. The maximum atomic E-state index is 10.3. The Bertz CT molecular complexity index is 128. The molecule has 0 aliphatic heterocycles. The molecule has 0 saturated carbocycles. The summed E-state index contributed by atoms with van der Waals surface area (Å²) in [6, 6.07) is 0. The van der Waals surface area contributed by atoms with Gasteiger partial charge in [-0.25, -0.2) is 0 Å². The Hall–Kier alpha value is -0.610. The van der Waals surface area contributed by atoms with Gasteiger partial charge in [-0.2, -0.15) is 0 Å². The van der Waals surface area contributed by atoms with Gasteiger partial charge in [-0.1, -0.05) is 0 Å². The van der Waals surface area contributed by atoms with Crippen LogP contribution in [0.1, 0.15) is 19.8 Å². The fourth-order valence-corrected chi connectivity index (χ4v) is 0.776. The number of ether oxygens (including phenoxy) is 1. The fourth-order valence-electron chi connectivity index (χ4n) is 0.776. The maximum absolute atomic E-state index is 10.3. The maximum Gasteiger partial charge on any atom is 0.217 e. The van der Waals surface area contributed by atoms with E-state index in [9.17, 15) is 4.79 Å².